The number of unbranched alkanes of at least 4 members (excludes halogenated alkanes) is 2. The summed E-state index contributed by atoms with van der Waals surface area (Å²) in [7, 11) is 0. The molecule has 23 heavy (non-hydrogen) atoms. The average Bonchev–Trinajstić information content (AvgIpc) is 2.89. The van der Waals surface area contributed by atoms with E-state index < -0.39 is 5.97 Å². The molecule has 2 heterocycles. The van der Waals surface area contributed by atoms with Crippen LogP contribution in [0.2, 0.25) is 0 Å². The number of carbonyl (C=O) groups is 1. The lowest BCUT2D eigenvalue weighted by atomic mass is 10.1. The van der Waals surface area contributed by atoms with E-state index in [9.17, 15) is 4.79 Å². The normalized spacial score (nSPS) is 10.9. The molecule has 0 aliphatic carbocycles. The summed E-state index contributed by atoms with van der Waals surface area (Å²) >= 11 is 0. The Balaban J connectivity index is 2.34. The Morgan fingerprint density at radius 3 is 2.83 bits per heavy atom. The van der Waals surface area contributed by atoms with Crippen molar-refractivity contribution in [3.63, 3.8) is 0 Å². The number of hydrogen-bond donors (Lipinski definition) is 1. The van der Waals surface area contributed by atoms with E-state index in [0.29, 0.717) is 28.0 Å². The van der Waals surface area contributed by atoms with Crippen LogP contribution < -0.4 is 5.73 Å². The molecule has 2 rings (SSSR count). The lowest BCUT2D eigenvalue weighted by molar-refractivity contribution is 0.0540. The predicted octanol–water partition coefficient (Wildman–Crippen LogP) is 3.25. The summed E-state index contributed by atoms with van der Waals surface area (Å²) in [6.07, 6.45) is 4.99. The third-order valence-electron chi connectivity index (χ3n) is 3.63. The minimum absolute atomic E-state index is 0.173. The van der Waals surface area contributed by atoms with Crippen LogP contribution in [-0.4, -0.2) is 27.3 Å². The van der Waals surface area contributed by atoms with Crippen LogP contribution in [0.3, 0.4) is 0 Å². The van der Waals surface area contributed by atoms with Gasteiger partial charge in [0.05, 0.1) is 23.0 Å². The summed E-state index contributed by atoms with van der Waals surface area (Å²) in [5, 5.41) is 5.04. The Kier molecular flexibility index (Phi) is 5.36. The number of ether oxygens (including phenoxy) is 1. The summed E-state index contributed by atoms with van der Waals surface area (Å²) in [6, 6.07) is 0. The van der Waals surface area contributed by atoms with E-state index in [1.54, 1.807) is 20.0 Å². The fourth-order valence-electron chi connectivity index (χ4n) is 2.42. The van der Waals surface area contributed by atoms with Crippen LogP contribution in [0.5, 0.6) is 0 Å². The molecule has 124 valence electrons. The van der Waals surface area contributed by atoms with Gasteiger partial charge in [-0.25, -0.2) is 14.5 Å². The Bertz CT molecular complexity index is 734. The molecule has 0 saturated heterocycles. The number of pyridine rings is 1. The number of rotatable bonds is 7. The van der Waals surface area contributed by atoms with E-state index in [1.165, 1.54) is 0 Å². The van der Waals surface area contributed by atoms with Crippen molar-refractivity contribution in [1.29, 1.82) is 0 Å². The van der Waals surface area contributed by atoms with Gasteiger partial charge >= 0.3 is 5.97 Å². The average molecular weight is 316 g/mol. The first kappa shape index (κ1) is 17.0. The highest BCUT2D eigenvalue weighted by atomic mass is 16.5. The number of nitrogens with two attached hydrogens (primary N) is 1. The molecule has 0 spiro atoms. The second kappa shape index (κ2) is 7.26. The maximum atomic E-state index is 12.2. The lowest BCUT2D eigenvalue weighted by Crippen LogP contribution is -2.13. The van der Waals surface area contributed by atoms with Crippen molar-refractivity contribution in [3.05, 3.63) is 29.6 Å². The Labute approximate surface area is 136 Å². The zero-order valence-corrected chi connectivity index (χ0v) is 14.1. The summed E-state index contributed by atoms with van der Waals surface area (Å²) < 4.78 is 7.05. The number of carbonyl (C=O) groups excluding carboxylic acids is 1. The number of nitrogen functional groups attached to an aromatic ring is 1. The number of esters is 1. The molecule has 0 aromatic carbocycles. The molecule has 0 atom stereocenters. The fraction of sp³-hybridized carbons (Fsp3) is 0.471. The van der Waals surface area contributed by atoms with Crippen molar-refractivity contribution in [2.75, 3.05) is 12.3 Å². The van der Waals surface area contributed by atoms with E-state index in [-0.39, 0.29) is 6.61 Å². The first-order valence-electron chi connectivity index (χ1n) is 7.88. The third kappa shape index (κ3) is 3.70. The number of anilines is 1. The van der Waals surface area contributed by atoms with Crippen LogP contribution >= 0.6 is 0 Å². The van der Waals surface area contributed by atoms with Gasteiger partial charge in [-0.05, 0) is 25.8 Å². The van der Waals surface area contributed by atoms with E-state index >= 15 is 0 Å². The number of aryl methyl sites for hydroxylation is 2. The van der Waals surface area contributed by atoms with Gasteiger partial charge in [0.1, 0.15) is 12.2 Å². The van der Waals surface area contributed by atoms with Gasteiger partial charge in [-0.3, -0.25) is 0 Å². The zero-order valence-electron chi connectivity index (χ0n) is 14.1. The van der Waals surface area contributed by atoms with Crippen LogP contribution in [0, 0.1) is 6.92 Å². The molecule has 6 nitrogen and oxygen atoms in total. The van der Waals surface area contributed by atoms with Gasteiger partial charge in [-0.2, -0.15) is 5.10 Å². The standard InChI is InChI=1S/C17H24N4O2/c1-5-6-7-8-21-16-13(9-19-21)15(18)14(12(4)20-16)17(22)23-10-11(2)3/h9H,2,5-8,10H2,1,3-4H3,(H2,18,20). The van der Waals surface area contributed by atoms with Gasteiger partial charge in [0, 0.05) is 6.54 Å². The van der Waals surface area contributed by atoms with Gasteiger partial charge in [0.2, 0.25) is 0 Å². The lowest BCUT2D eigenvalue weighted by Gasteiger charge is -2.11. The molecule has 2 N–H and O–H groups in total. The Hall–Kier alpha value is -2.37. The first-order valence-corrected chi connectivity index (χ1v) is 7.88. The van der Waals surface area contributed by atoms with Gasteiger partial charge in [-0.1, -0.05) is 26.3 Å². The Morgan fingerprint density at radius 2 is 2.17 bits per heavy atom. The number of aromatic nitrogens is 3. The minimum atomic E-state index is -0.476. The molecule has 0 bridgehead atoms. The van der Waals surface area contributed by atoms with Crippen LogP contribution in [0.25, 0.3) is 11.0 Å². The molecule has 6 heteroatoms. The smallest absolute Gasteiger partial charge is 0.342 e. The van der Waals surface area contributed by atoms with E-state index in [4.69, 9.17) is 10.5 Å². The Morgan fingerprint density at radius 1 is 1.43 bits per heavy atom. The monoisotopic (exact) mass is 316 g/mol. The molecule has 0 unspecified atom stereocenters. The van der Waals surface area contributed by atoms with Crippen LogP contribution in [0.15, 0.2) is 18.3 Å². The summed E-state index contributed by atoms with van der Waals surface area (Å²) in [6.45, 7) is 10.4. The highest BCUT2D eigenvalue weighted by molar-refractivity contribution is 6.04. The molecule has 0 aliphatic rings. The molecule has 0 saturated carbocycles. The highest BCUT2D eigenvalue weighted by Gasteiger charge is 2.20. The zero-order chi connectivity index (χ0) is 17.0. The van der Waals surface area contributed by atoms with Crippen LogP contribution in [-0.2, 0) is 11.3 Å². The van der Waals surface area contributed by atoms with Crippen LogP contribution in [0.1, 0.15) is 49.2 Å². The van der Waals surface area contributed by atoms with Gasteiger partial charge in [0.25, 0.3) is 0 Å². The SMILES string of the molecule is C=C(C)COC(=O)c1c(C)nc2c(cnn2CCCCC)c1N. The molecule has 0 aliphatic heterocycles. The summed E-state index contributed by atoms with van der Waals surface area (Å²) in [4.78, 5) is 16.8. The minimum Gasteiger partial charge on any atom is -0.457 e. The van der Waals surface area contributed by atoms with E-state index in [2.05, 4.69) is 23.6 Å². The first-order chi connectivity index (χ1) is 11.0. The summed E-state index contributed by atoms with van der Waals surface area (Å²) in [5.41, 5.74) is 8.91. The maximum Gasteiger partial charge on any atom is 0.342 e. The molecular formula is C17H24N4O2. The number of nitrogens with zero attached hydrogens (tertiary/aromatic N) is 3. The second-order valence-corrected chi connectivity index (χ2v) is 5.83. The summed E-state index contributed by atoms with van der Waals surface area (Å²) in [5.74, 6) is -0.476. The highest BCUT2D eigenvalue weighted by Crippen LogP contribution is 2.26. The maximum absolute atomic E-state index is 12.2. The van der Waals surface area contributed by atoms with Crippen molar-refractivity contribution < 1.29 is 9.53 Å². The van der Waals surface area contributed by atoms with Gasteiger partial charge in [0.15, 0.2) is 5.65 Å². The van der Waals surface area contributed by atoms with Crippen molar-refractivity contribution >= 4 is 22.7 Å². The van der Waals surface area contributed by atoms with Crippen molar-refractivity contribution in [2.24, 2.45) is 0 Å². The van der Waals surface area contributed by atoms with Crippen molar-refractivity contribution in [2.45, 2.75) is 46.6 Å². The molecule has 2 aromatic heterocycles. The molecule has 0 fully saturated rings. The van der Waals surface area contributed by atoms with Gasteiger partial charge in [-0.15, -0.1) is 0 Å². The third-order valence-corrected chi connectivity index (χ3v) is 3.63. The predicted molar refractivity (Wildman–Crippen MR) is 91.3 cm³/mol. The largest absolute Gasteiger partial charge is 0.457 e. The van der Waals surface area contributed by atoms with Crippen molar-refractivity contribution in [1.82, 2.24) is 14.8 Å². The van der Waals surface area contributed by atoms with Crippen LogP contribution in [0.4, 0.5) is 5.69 Å². The molecule has 0 radical (unpaired) electrons. The quantitative estimate of drug-likeness (QED) is 0.481. The second-order valence-electron chi connectivity index (χ2n) is 5.83. The number of fused-ring (bicyclic) bond motifs is 1. The fourth-order valence-corrected chi connectivity index (χ4v) is 2.42. The topological polar surface area (TPSA) is 83.0 Å². The molecular weight excluding hydrogens is 292 g/mol. The van der Waals surface area contributed by atoms with Crippen molar-refractivity contribution in [3.8, 4) is 0 Å². The number of hydrogen-bond acceptors (Lipinski definition) is 5. The van der Waals surface area contributed by atoms with E-state index in [0.717, 1.165) is 31.4 Å². The molecule has 2 aromatic rings. The van der Waals surface area contributed by atoms with E-state index in [1.807, 2.05) is 4.68 Å². The molecule has 0 amide bonds. The van der Waals surface area contributed by atoms with Gasteiger partial charge < -0.3 is 10.5 Å².